The molecule has 0 unspecified atom stereocenters. The van der Waals surface area contributed by atoms with Gasteiger partial charge in [0, 0.05) is 16.0 Å². The average Bonchev–Trinajstić information content (AvgIpc) is 2.66. The fourth-order valence-corrected chi connectivity index (χ4v) is 3.23. The molecule has 29 heavy (non-hydrogen) atoms. The summed E-state index contributed by atoms with van der Waals surface area (Å²) in [6.45, 7) is 1.94. The molecule has 150 valence electrons. The smallest absolute Gasteiger partial charge is 0.312 e. The summed E-state index contributed by atoms with van der Waals surface area (Å²) in [4.78, 5) is 28.0. The van der Waals surface area contributed by atoms with E-state index in [-0.39, 0.29) is 18.2 Å². The molecule has 0 fully saturated rings. The van der Waals surface area contributed by atoms with Gasteiger partial charge in [0.05, 0.1) is 18.0 Å². The van der Waals surface area contributed by atoms with Crippen LogP contribution < -0.4 is 11.1 Å². The summed E-state index contributed by atoms with van der Waals surface area (Å²) in [5, 5.41) is 4.27. The van der Waals surface area contributed by atoms with Crippen LogP contribution in [0, 0.1) is 6.92 Å². The molecule has 0 saturated heterocycles. The third-order valence-corrected chi connectivity index (χ3v) is 4.93. The maximum absolute atomic E-state index is 12.4. The van der Waals surface area contributed by atoms with Crippen LogP contribution in [0.25, 0.3) is 10.9 Å². The molecule has 0 radical (unpaired) electrons. The second-order valence-corrected chi connectivity index (χ2v) is 7.41. The van der Waals surface area contributed by atoms with E-state index in [1.807, 2.05) is 31.2 Å². The highest BCUT2D eigenvalue weighted by Gasteiger charge is 2.19. The molecule has 0 saturated carbocycles. The molecule has 2 amide bonds. The van der Waals surface area contributed by atoms with Crippen molar-refractivity contribution in [2.75, 3.05) is 0 Å². The van der Waals surface area contributed by atoms with E-state index in [0.717, 1.165) is 16.5 Å². The number of rotatable bonds is 6. The number of nitrogens with two attached hydrogens (primary N) is 1. The Morgan fingerprint density at radius 3 is 2.55 bits per heavy atom. The zero-order chi connectivity index (χ0) is 21.0. The van der Waals surface area contributed by atoms with E-state index < -0.39 is 18.0 Å². The number of benzene rings is 2. The fraction of sp³-hybridized carbons (Fsp3) is 0.190. The van der Waals surface area contributed by atoms with Crippen LogP contribution in [0.2, 0.25) is 10.2 Å². The zero-order valence-corrected chi connectivity index (χ0v) is 17.1. The van der Waals surface area contributed by atoms with E-state index in [0.29, 0.717) is 16.1 Å². The lowest BCUT2D eigenvalue weighted by Crippen LogP contribution is -2.34. The number of esters is 1. The van der Waals surface area contributed by atoms with Gasteiger partial charge >= 0.3 is 12.0 Å². The zero-order valence-electron chi connectivity index (χ0n) is 15.6. The fourth-order valence-electron chi connectivity index (χ4n) is 2.90. The molecule has 1 atom stereocenters. The molecule has 6 nitrogen and oxygen atoms in total. The van der Waals surface area contributed by atoms with Crippen molar-refractivity contribution in [2.24, 2.45) is 5.73 Å². The predicted octanol–water partition coefficient (Wildman–Crippen LogP) is 4.69. The van der Waals surface area contributed by atoms with Gasteiger partial charge < -0.3 is 15.8 Å². The molecule has 3 N–H and O–H groups in total. The van der Waals surface area contributed by atoms with Gasteiger partial charge in [-0.05, 0) is 42.3 Å². The molecule has 3 aromatic rings. The number of hydrogen-bond donors (Lipinski definition) is 2. The molecule has 3 rings (SSSR count). The first kappa shape index (κ1) is 20.9. The van der Waals surface area contributed by atoms with E-state index in [1.165, 1.54) is 0 Å². The van der Waals surface area contributed by atoms with Crippen molar-refractivity contribution in [3.8, 4) is 0 Å². The minimum atomic E-state index is -0.741. The maximum atomic E-state index is 12.4. The average molecular weight is 432 g/mol. The van der Waals surface area contributed by atoms with Gasteiger partial charge in [0.25, 0.3) is 0 Å². The summed E-state index contributed by atoms with van der Waals surface area (Å²) in [6.07, 6.45) is -0.0948. The van der Waals surface area contributed by atoms with E-state index in [1.54, 1.807) is 24.3 Å². The number of urea groups is 1. The third kappa shape index (κ3) is 5.59. The molecular formula is C21H19Cl2N3O3. The van der Waals surface area contributed by atoms with Crippen LogP contribution in [-0.4, -0.2) is 17.0 Å². The third-order valence-electron chi connectivity index (χ3n) is 4.35. The van der Waals surface area contributed by atoms with Crippen LogP contribution in [0.15, 0.2) is 48.5 Å². The predicted molar refractivity (Wildman–Crippen MR) is 113 cm³/mol. The van der Waals surface area contributed by atoms with E-state index in [2.05, 4.69) is 10.3 Å². The molecule has 1 aromatic heterocycles. The lowest BCUT2D eigenvalue weighted by atomic mass is 10.0. The Labute approximate surface area is 178 Å². The van der Waals surface area contributed by atoms with E-state index >= 15 is 0 Å². The minimum Gasteiger partial charge on any atom is -0.461 e. The summed E-state index contributed by atoms with van der Waals surface area (Å²) in [5.74, 6) is -0.515. The van der Waals surface area contributed by atoms with Crippen molar-refractivity contribution in [2.45, 2.75) is 26.0 Å². The number of pyridine rings is 1. The van der Waals surface area contributed by atoms with Gasteiger partial charge in [0.15, 0.2) is 0 Å². The molecule has 0 aliphatic heterocycles. The summed E-state index contributed by atoms with van der Waals surface area (Å²) >= 11 is 12.1. The molecule has 0 bridgehead atoms. The van der Waals surface area contributed by atoms with Crippen molar-refractivity contribution in [3.05, 3.63) is 75.4 Å². The van der Waals surface area contributed by atoms with E-state index in [9.17, 15) is 9.59 Å². The Hall–Kier alpha value is -2.83. The minimum absolute atomic E-state index is 0.0294. The highest BCUT2D eigenvalue weighted by atomic mass is 35.5. The van der Waals surface area contributed by atoms with Crippen molar-refractivity contribution < 1.29 is 14.3 Å². The standard InChI is InChI=1S/C21H19Cl2N3O3/c1-12-2-3-14-9-15(20(23)25-17(14)8-12)11-29-19(27)10-18(26-21(24)28)13-4-6-16(22)7-5-13/h2-9,18H,10-11H2,1H3,(H3,24,26,28)/t18-/m1/s1. The quantitative estimate of drug-likeness (QED) is 0.436. The summed E-state index contributed by atoms with van der Waals surface area (Å²) in [6, 6.07) is 13.1. The Bertz CT molecular complexity index is 1050. The molecule has 2 aromatic carbocycles. The number of halogens is 2. The van der Waals surface area contributed by atoms with Crippen LogP contribution in [0.5, 0.6) is 0 Å². The molecule has 0 aliphatic carbocycles. The number of carbonyl (C=O) groups excluding carboxylic acids is 2. The summed E-state index contributed by atoms with van der Waals surface area (Å²) in [5.41, 5.74) is 8.37. The second kappa shape index (κ2) is 9.11. The Morgan fingerprint density at radius 1 is 1.14 bits per heavy atom. The van der Waals surface area contributed by atoms with Gasteiger partial charge in [-0.2, -0.15) is 0 Å². The first-order valence-corrected chi connectivity index (χ1v) is 9.60. The SMILES string of the molecule is Cc1ccc2cc(COC(=O)C[C@@H](NC(N)=O)c3ccc(Cl)cc3)c(Cl)nc2c1. The number of amides is 2. The van der Waals surface area contributed by atoms with Gasteiger partial charge in [-0.15, -0.1) is 0 Å². The highest BCUT2D eigenvalue weighted by molar-refractivity contribution is 6.30. The summed E-state index contributed by atoms with van der Waals surface area (Å²) < 4.78 is 5.36. The molecule has 8 heteroatoms. The van der Waals surface area contributed by atoms with Crippen LogP contribution in [0.3, 0.4) is 0 Å². The van der Waals surface area contributed by atoms with Crippen LogP contribution in [0.1, 0.15) is 29.2 Å². The second-order valence-electron chi connectivity index (χ2n) is 6.61. The van der Waals surface area contributed by atoms with Gasteiger partial charge in [0.1, 0.15) is 11.8 Å². The number of hydrogen-bond acceptors (Lipinski definition) is 4. The largest absolute Gasteiger partial charge is 0.461 e. The van der Waals surface area contributed by atoms with Crippen LogP contribution >= 0.6 is 23.2 Å². The number of ether oxygens (including phenoxy) is 1. The lowest BCUT2D eigenvalue weighted by Gasteiger charge is -2.17. The van der Waals surface area contributed by atoms with Crippen molar-refractivity contribution in [1.82, 2.24) is 10.3 Å². The normalized spacial score (nSPS) is 11.8. The van der Waals surface area contributed by atoms with Crippen molar-refractivity contribution in [1.29, 1.82) is 0 Å². The molecular weight excluding hydrogens is 413 g/mol. The van der Waals surface area contributed by atoms with Gasteiger partial charge in [-0.25, -0.2) is 9.78 Å². The van der Waals surface area contributed by atoms with Crippen molar-refractivity contribution in [3.63, 3.8) is 0 Å². The number of nitrogens with one attached hydrogen (secondary N) is 1. The monoisotopic (exact) mass is 431 g/mol. The number of aryl methyl sites for hydroxylation is 1. The Morgan fingerprint density at radius 2 is 1.86 bits per heavy atom. The van der Waals surface area contributed by atoms with Gasteiger partial charge in [0.2, 0.25) is 0 Å². The highest BCUT2D eigenvalue weighted by Crippen LogP contribution is 2.24. The maximum Gasteiger partial charge on any atom is 0.312 e. The van der Waals surface area contributed by atoms with Gasteiger partial charge in [-0.3, -0.25) is 4.79 Å². The van der Waals surface area contributed by atoms with Crippen molar-refractivity contribution >= 4 is 46.1 Å². The Balaban J connectivity index is 1.69. The number of primary amides is 1. The van der Waals surface area contributed by atoms with E-state index in [4.69, 9.17) is 33.7 Å². The first-order chi connectivity index (χ1) is 13.8. The first-order valence-electron chi connectivity index (χ1n) is 8.84. The lowest BCUT2D eigenvalue weighted by molar-refractivity contribution is -0.145. The van der Waals surface area contributed by atoms with Crippen LogP contribution in [-0.2, 0) is 16.1 Å². The Kier molecular flexibility index (Phi) is 6.56. The topological polar surface area (TPSA) is 94.3 Å². The van der Waals surface area contributed by atoms with Crippen LogP contribution in [0.4, 0.5) is 4.79 Å². The van der Waals surface area contributed by atoms with Gasteiger partial charge in [-0.1, -0.05) is 47.5 Å². The summed E-state index contributed by atoms with van der Waals surface area (Å²) in [7, 11) is 0. The number of carbonyl (C=O) groups is 2. The molecule has 1 heterocycles. The number of fused-ring (bicyclic) bond motifs is 1. The molecule has 0 aliphatic rings. The number of nitrogens with zero attached hydrogens (tertiary/aromatic N) is 1. The number of aromatic nitrogens is 1. The molecule has 0 spiro atoms.